The largest absolute Gasteiger partial charge is 0.496 e. The molecule has 1 rings (SSSR count). The first kappa shape index (κ1) is 15.5. The fraction of sp³-hybridized carbons (Fsp3) is 0.533. The number of carbonyl (C=O) groups is 1. The van der Waals surface area contributed by atoms with Gasteiger partial charge in [-0.25, -0.2) is 0 Å². The van der Waals surface area contributed by atoms with Gasteiger partial charge in [-0.3, -0.25) is 4.79 Å². The van der Waals surface area contributed by atoms with E-state index < -0.39 is 6.10 Å². The van der Waals surface area contributed by atoms with E-state index in [0.29, 0.717) is 6.42 Å². The lowest BCUT2D eigenvalue weighted by atomic mass is 10.0. The van der Waals surface area contributed by atoms with Gasteiger partial charge in [-0.15, -0.1) is 0 Å². The van der Waals surface area contributed by atoms with Crippen molar-refractivity contribution in [3.8, 4) is 5.75 Å². The minimum absolute atomic E-state index is 0.0622. The predicted octanol–water partition coefficient (Wildman–Crippen LogP) is 2.69. The second kappa shape index (κ2) is 7.79. The maximum atomic E-state index is 12.1. The number of amides is 1. The van der Waals surface area contributed by atoms with Crippen LogP contribution in [-0.4, -0.2) is 26.2 Å². The van der Waals surface area contributed by atoms with Crippen LogP contribution in [0, 0.1) is 0 Å². The van der Waals surface area contributed by atoms with Crippen molar-refractivity contribution in [2.24, 2.45) is 0 Å². The highest BCUT2D eigenvalue weighted by Gasteiger charge is 2.21. The zero-order valence-electron chi connectivity index (χ0n) is 12.1. The van der Waals surface area contributed by atoms with E-state index in [2.05, 4.69) is 5.32 Å². The van der Waals surface area contributed by atoms with Gasteiger partial charge in [-0.1, -0.05) is 32.0 Å². The number of hydrogen-bond acceptors (Lipinski definition) is 3. The third-order valence-corrected chi connectivity index (χ3v) is 3.19. The molecule has 19 heavy (non-hydrogen) atoms. The summed E-state index contributed by atoms with van der Waals surface area (Å²) in [6.07, 6.45) is 1.06. The van der Waals surface area contributed by atoms with Crippen LogP contribution in [0.4, 0.5) is 0 Å². The number of nitrogens with one attached hydrogen (secondary N) is 1. The summed E-state index contributed by atoms with van der Waals surface area (Å²) in [5, 5.41) is 3.02. The molecule has 0 aliphatic carbocycles. The fourth-order valence-electron chi connectivity index (χ4n) is 2.08. The summed E-state index contributed by atoms with van der Waals surface area (Å²) in [6.45, 7) is 3.96. The lowest BCUT2D eigenvalue weighted by Crippen LogP contribution is -2.37. The van der Waals surface area contributed by atoms with Gasteiger partial charge < -0.3 is 14.8 Å². The summed E-state index contributed by atoms with van der Waals surface area (Å²) in [4.78, 5) is 12.1. The quantitative estimate of drug-likeness (QED) is 0.824. The van der Waals surface area contributed by atoms with E-state index >= 15 is 0 Å². The molecule has 0 heterocycles. The Labute approximate surface area is 115 Å². The number of hydrogen-bond donors (Lipinski definition) is 1. The lowest BCUT2D eigenvalue weighted by molar-refractivity contribution is -0.132. The van der Waals surface area contributed by atoms with Crippen molar-refractivity contribution in [3.05, 3.63) is 29.8 Å². The Bertz CT molecular complexity index is 402. The van der Waals surface area contributed by atoms with Crippen LogP contribution in [0.3, 0.4) is 0 Å². The van der Waals surface area contributed by atoms with E-state index in [0.717, 1.165) is 17.7 Å². The van der Waals surface area contributed by atoms with E-state index in [4.69, 9.17) is 9.47 Å². The number of methoxy groups -OCH3 is 2. The summed E-state index contributed by atoms with van der Waals surface area (Å²) in [6, 6.07) is 7.67. The van der Waals surface area contributed by atoms with Gasteiger partial charge in [-0.2, -0.15) is 0 Å². The van der Waals surface area contributed by atoms with Gasteiger partial charge in [0.25, 0.3) is 0 Å². The molecule has 0 aromatic heterocycles. The van der Waals surface area contributed by atoms with E-state index in [1.807, 2.05) is 38.1 Å². The summed E-state index contributed by atoms with van der Waals surface area (Å²) >= 11 is 0. The second-order valence-corrected chi connectivity index (χ2v) is 4.34. The Morgan fingerprint density at radius 3 is 2.42 bits per heavy atom. The third kappa shape index (κ3) is 3.96. The molecular formula is C15H23NO3. The number of benzene rings is 1. The minimum atomic E-state index is -0.399. The first-order chi connectivity index (χ1) is 9.17. The van der Waals surface area contributed by atoms with Crippen LogP contribution in [0.5, 0.6) is 5.75 Å². The highest BCUT2D eigenvalue weighted by molar-refractivity contribution is 5.81. The molecule has 4 nitrogen and oxygen atoms in total. The molecule has 2 atom stereocenters. The summed E-state index contributed by atoms with van der Waals surface area (Å²) < 4.78 is 10.5. The molecule has 1 amide bonds. The molecule has 0 unspecified atom stereocenters. The number of para-hydroxylation sites is 1. The smallest absolute Gasteiger partial charge is 0.249 e. The Hall–Kier alpha value is -1.55. The van der Waals surface area contributed by atoms with Crippen molar-refractivity contribution in [2.45, 2.75) is 38.8 Å². The molecule has 106 valence electrons. The first-order valence-electron chi connectivity index (χ1n) is 6.63. The molecule has 0 saturated heterocycles. The Morgan fingerprint density at radius 1 is 1.21 bits per heavy atom. The third-order valence-electron chi connectivity index (χ3n) is 3.19. The highest BCUT2D eigenvalue weighted by atomic mass is 16.5. The highest BCUT2D eigenvalue weighted by Crippen LogP contribution is 2.26. The maximum Gasteiger partial charge on any atom is 0.249 e. The van der Waals surface area contributed by atoms with Crippen LogP contribution >= 0.6 is 0 Å². The minimum Gasteiger partial charge on any atom is -0.496 e. The first-order valence-corrected chi connectivity index (χ1v) is 6.63. The van der Waals surface area contributed by atoms with Crippen molar-refractivity contribution in [2.75, 3.05) is 14.2 Å². The SMILES string of the molecule is CC[C@H](NC(=O)[C@@H](CC)OC)c1ccccc1OC. The van der Waals surface area contributed by atoms with E-state index in [-0.39, 0.29) is 11.9 Å². The van der Waals surface area contributed by atoms with Crippen molar-refractivity contribution < 1.29 is 14.3 Å². The summed E-state index contributed by atoms with van der Waals surface area (Å²) in [5.74, 6) is 0.711. The predicted molar refractivity (Wildman–Crippen MR) is 75.3 cm³/mol. The molecule has 0 aliphatic heterocycles. The Morgan fingerprint density at radius 2 is 1.89 bits per heavy atom. The molecule has 0 aliphatic rings. The maximum absolute atomic E-state index is 12.1. The molecule has 1 aromatic carbocycles. The normalized spacial score (nSPS) is 13.7. The number of rotatable bonds is 7. The van der Waals surface area contributed by atoms with Crippen LogP contribution < -0.4 is 10.1 Å². The fourth-order valence-corrected chi connectivity index (χ4v) is 2.08. The van der Waals surface area contributed by atoms with E-state index in [1.165, 1.54) is 0 Å². The van der Waals surface area contributed by atoms with Crippen LogP contribution in [0.25, 0.3) is 0 Å². The Kier molecular flexibility index (Phi) is 6.36. The van der Waals surface area contributed by atoms with Gasteiger partial charge in [0.1, 0.15) is 11.9 Å². The van der Waals surface area contributed by atoms with Crippen molar-refractivity contribution in [1.82, 2.24) is 5.32 Å². The van der Waals surface area contributed by atoms with Crippen LogP contribution in [0.1, 0.15) is 38.3 Å². The second-order valence-electron chi connectivity index (χ2n) is 4.34. The molecular weight excluding hydrogens is 242 g/mol. The topological polar surface area (TPSA) is 47.6 Å². The van der Waals surface area contributed by atoms with Gasteiger partial charge in [0.2, 0.25) is 5.91 Å². The number of ether oxygens (including phenoxy) is 2. The lowest BCUT2D eigenvalue weighted by Gasteiger charge is -2.22. The monoisotopic (exact) mass is 265 g/mol. The van der Waals surface area contributed by atoms with Crippen molar-refractivity contribution in [1.29, 1.82) is 0 Å². The average molecular weight is 265 g/mol. The van der Waals surface area contributed by atoms with Gasteiger partial charge in [-0.05, 0) is 18.9 Å². The van der Waals surface area contributed by atoms with Gasteiger partial charge >= 0.3 is 0 Å². The van der Waals surface area contributed by atoms with Crippen LogP contribution in [0.15, 0.2) is 24.3 Å². The standard InChI is InChI=1S/C15H23NO3/c1-5-12(16-15(17)13(6-2)18-3)11-9-7-8-10-14(11)19-4/h7-10,12-13H,5-6H2,1-4H3,(H,16,17)/t12-,13+/m0/s1. The van der Waals surface area contributed by atoms with Crippen LogP contribution in [-0.2, 0) is 9.53 Å². The number of carbonyl (C=O) groups excluding carboxylic acids is 1. The van der Waals surface area contributed by atoms with Gasteiger partial charge in [0.05, 0.1) is 13.2 Å². The van der Waals surface area contributed by atoms with Crippen LogP contribution in [0.2, 0.25) is 0 Å². The van der Waals surface area contributed by atoms with E-state index in [9.17, 15) is 4.79 Å². The van der Waals surface area contributed by atoms with Gasteiger partial charge in [0.15, 0.2) is 0 Å². The molecule has 0 saturated carbocycles. The van der Waals surface area contributed by atoms with E-state index in [1.54, 1.807) is 14.2 Å². The summed E-state index contributed by atoms with van der Waals surface area (Å²) in [7, 11) is 3.19. The average Bonchev–Trinajstić information content (AvgIpc) is 2.46. The zero-order chi connectivity index (χ0) is 14.3. The molecule has 0 bridgehead atoms. The summed E-state index contributed by atoms with van der Waals surface area (Å²) in [5.41, 5.74) is 0.992. The van der Waals surface area contributed by atoms with Gasteiger partial charge in [0, 0.05) is 12.7 Å². The molecule has 4 heteroatoms. The van der Waals surface area contributed by atoms with Crippen molar-refractivity contribution in [3.63, 3.8) is 0 Å². The molecule has 1 aromatic rings. The molecule has 1 N–H and O–H groups in total. The molecule has 0 radical (unpaired) electrons. The molecule has 0 spiro atoms. The molecule has 0 fully saturated rings. The zero-order valence-corrected chi connectivity index (χ0v) is 12.1. The Balaban J connectivity index is 2.86. The van der Waals surface area contributed by atoms with Crippen molar-refractivity contribution >= 4 is 5.91 Å².